The number of unbranched alkanes of at least 4 members (excludes halogenated alkanes) is 1. The van der Waals surface area contributed by atoms with Crippen LogP contribution in [0.1, 0.15) is 26.7 Å². The van der Waals surface area contributed by atoms with E-state index in [1.165, 1.54) is 0 Å². The van der Waals surface area contributed by atoms with Gasteiger partial charge in [-0.15, -0.1) is 0 Å². The molecule has 0 aliphatic rings. The lowest BCUT2D eigenvalue weighted by Crippen LogP contribution is -2.25. The van der Waals surface area contributed by atoms with Gasteiger partial charge >= 0.3 is 5.97 Å². The number of esters is 1. The molecular weight excluding hydrogens is 332 g/mol. The molecule has 5 heteroatoms. The summed E-state index contributed by atoms with van der Waals surface area (Å²) >= 11 is 0. The number of aliphatic hydroxyl groups excluding tert-OH is 1. The summed E-state index contributed by atoms with van der Waals surface area (Å²) in [5.41, 5.74) is 0.294. The van der Waals surface area contributed by atoms with Gasteiger partial charge in [0, 0.05) is 16.3 Å². The van der Waals surface area contributed by atoms with Gasteiger partial charge in [-0.2, -0.15) is 0 Å². The minimum Gasteiger partial charge on any atom is -0.493 e. The van der Waals surface area contributed by atoms with E-state index in [9.17, 15) is 9.90 Å². The van der Waals surface area contributed by atoms with Gasteiger partial charge in [-0.3, -0.25) is 0 Å². The van der Waals surface area contributed by atoms with Crippen LogP contribution in [0.2, 0.25) is 0 Å². The van der Waals surface area contributed by atoms with E-state index in [4.69, 9.17) is 14.2 Å². The standard InChI is InChI=1S/C21H26O5/c1-4-5-12-24-19-10-11-20(18-9-7-6-8-17(18)19)25-13-16(22)14-26-21(23)15(2)3/h6-11,16,22H,2,4-5,12-14H2,1,3H3. The second-order valence-corrected chi connectivity index (χ2v) is 6.15. The number of aliphatic hydroxyl groups is 1. The van der Waals surface area contributed by atoms with Crippen molar-refractivity contribution in [2.24, 2.45) is 0 Å². The predicted molar refractivity (Wildman–Crippen MR) is 102 cm³/mol. The molecule has 2 aromatic carbocycles. The van der Waals surface area contributed by atoms with Gasteiger partial charge in [-0.25, -0.2) is 4.79 Å². The summed E-state index contributed by atoms with van der Waals surface area (Å²) in [4.78, 5) is 11.4. The number of hydrogen-bond donors (Lipinski definition) is 1. The highest BCUT2D eigenvalue weighted by molar-refractivity contribution is 5.93. The van der Waals surface area contributed by atoms with Gasteiger partial charge in [0.2, 0.25) is 0 Å². The van der Waals surface area contributed by atoms with Crippen LogP contribution in [-0.4, -0.2) is 37.0 Å². The maximum atomic E-state index is 11.4. The van der Waals surface area contributed by atoms with Crippen LogP contribution in [0.5, 0.6) is 11.5 Å². The van der Waals surface area contributed by atoms with Crippen LogP contribution in [0.25, 0.3) is 10.8 Å². The van der Waals surface area contributed by atoms with Crippen molar-refractivity contribution >= 4 is 16.7 Å². The maximum absolute atomic E-state index is 11.4. The second-order valence-electron chi connectivity index (χ2n) is 6.15. The topological polar surface area (TPSA) is 65.0 Å². The normalized spacial score (nSPS) is 11.8. The van der Waals surface area contributed by atoms with Crippen LogP contribution >= 0.6 is 0 Å². The summed E-state index contributed by atoms with van der Waals surface area (Å²) in [5, 5.41) is 11.8. The molecule has 0 heterocycles. The van der Waals surface area contributed by atoms with Gasteiger partial charge in [0.05, 0.1) is 6.61 Å². The Morgan fingerprint density at radius 1 is 1.08 bits per heavy atom. The summed E-state index contributed by atoms with van der Waals surface area (Å²) < 4.78 is 16.5. The van der Waals surface area contributed by atoms with E-state index in [1.807, 2.05) is 36.4 Å². The number of fused-ring (bicyclic) bond motifs is 1. The van der Waals surface area contributed by atoms with Crippen molar-refractivity contribution in [1.29, 1.82) is 0 Å². The molecule has 0 saturated heterocycles. The molecule has 0 radical (unpaired) electrons. The van der Waals surface area contributed by atoms with Crippen LogP contribution in [0.15, 0.2) is 48.6 Å². The lowest BCUT2D eigenvalue weighted by Gasteiger charge is -2.16. The molecule has 2 aromatic rings. The zero-order valence-electron chi connectivity index (χ0n) is 15.4. The van der Waals surface area contributed by atoms with Crippen molar-refractivity contribution < 1.29 is 24.1 Å². The second kappa shape index (κ2) is 9.82. The Kier molecular flexibility index (Phi) is 7.48. The monoisotopic (exact) mass is 358 g/mol. The highest BCUT2D eigenvalue weighted by atomic mass is 16.5. The zero-order chi connectivity index (χ0) is 18.9. The van der Waals surface area contributed by atoms with Crippen LogP contribution in [0.3, 0.4) is 0 Å². The fourth-order valence-corrected chi connectivity index (χ4v) is 2.35. The Hall–Kier alpha value is -2.53. The zero-order valence-corrected chi connectivity index (χ0v) is 15.4. The lowest BCUT2D eigenvalue weighted by atomic mass is 10.1. The Morgan fingerprint density at radius 3 is 2.27 bits per heavy atom. The van der Waals surface area contributed by atoms with Gasteiger partial charge in [0.1, 0.15) is 30.8 Å². The molecule has 2 rings (SSSR count). The third-order valence-corrected chi connectivity index (χ3v) is 3.79. The Labute approximate surface area is 154 Å². The predicted octanol–water partition coefficient (Wildman–Crippen LogP) is 3.88. The smallest absolute Gasteiger partial charge is 0.333 e. The van der Waals surface area contributed by atoms with Gasteiger partial charge in [0.25, 0.3) is 0 Å². The van der Waals surface area contributed by atoms with Crippen molar-refractivity contribution in [2.75, 3.05) is 19.8 Å². The van der Waals surface area contributed by atoms with Crippen molar-refractivity contribution in [3.05, 3.63) is 48.6 Å². The van der Waals surface area contributed by atoms with Crippen molar-refractivity contribution in [3.8, 4) is 11.5 Å². The number of hydrogen-bond acceptors (Lipinski definition) is 5. The summed E-state index contributed by atoms with van der Waals surface area (Å²) in [6.45, 7) is 7.73. The summed E-state index contributed by atoms with van der Waals surface area (Å²) in [7, 11) is 0. The largest absolute Gasteiger partial charge is 0.493 e. The van der Waals surface area contributed by atoms with Crippen molar-refractivity contribution in [3.63, 3.8) is 0 Å². The first-order valence-corrected chi connectivity index (χ1v) is 8.81. The molecule has 0 fully saturated rings. The van der Waals surface area contributed by atoms with Crippen LogP contribution < -0.4 is 9.47 Å². The molecule has 0 amide bonds. The first kappa shape index (κ1) is 19.8. The molecule has 0 aliphatic heterocycles. The number of carbonyl (C=O) groups is 1. The highest BCUT2D eigenvalue weighted by Crippen LogP contribution is 2.33. The van der Waals surface area contributed by atoms with Crippen LogP contribution in [0.4, 0.5) is 0 Å². The van der Waals surface area contributed by atoms with Gasteiger partial charge in [0.15, 0.2) is 0 Å². The summed E-state index contributed by atoms with van der Waals surface area (Å²) in [6.07, 6.45) is 1.16. The molecule has 140 valence electrons. The fourth-order valence-electron chi connectivity index (χ4n) is 2.35. The number of ether oxygens (including phenoxy) is 3. The molecule has 0 aliphatic carbocycles. The number of benzene rings is 2. The van der Waals surface area contributed by atoms with E-state index in [2.05, 4.69) is 13.5 Å². The first-order chi connectivity index (χ1) is 12.5. The van der Waals surface area contributed by atoms with E-state index in [1.54, 1.807) is 6.92 Å². The van der Waals surface area contributed by atoms with Crippen molar-refractivity contribution in [1.82, 2.24) is 0 Å². The molecule has 1 atom stereocenters. The first-order valence-electron chi connectivity index (χ1n) is 8.81. The Bertz CT molecular complexity index is 753. The molecule has 5 nitrogen and oxygen atoms in total. The van der Waals surface area contributed by atoms with Gasteiger partial charge in [-0.05, 0) is 25.5 Å². The lowest BCUT2D eigenvalue weighted by molar-refractivity contribution is -0.142. The molecule has 0 aromatic heterocycles. The van der Waals surface area contributed by atoms with E-state index in [0.717, 1.165) is 29.4 Å². The fraction of sp³-hybridized carbons (Fsp3) is 0.381. The third kappa shape index (κ3) is 5.49. The molecular formula is C21H26O5. The van der Waals surface area contributed by atoms with Crippen molar-refractivity contribution in [2.45, 2.75) is 32.8 Å². The van der Waals surface area contributed by atoms with Crippen LogP contribution in [0, 0.1) is 0 Å². The van der Waals surface area contributed by atoms with E-state index < -0.39 is 12.1 Å². The molecule has 26 heavy (non-hydrogen) atoms. The average Bonchev–Trinajstić information content (AvgIpc) is 2.65. The van der Waals surface area contributed by atoms with E-state index >= 15 is 0 Å². The van der Waals surface area contributed by atoms with Gasteiger partial charge in [-0.1, -0.05) is 44.2 Å². The third-order valence-electron chi connectivity index (χ3n) is 3.79. The average molecular weight is 358 g/mol. The molecule has 1 unspecified atom stereocenters. The molecule has 0 spiro atoms. The number of rotatable bonds is 10. The Morgan fingerprint density at radius 2 is 1.69 bits per heavy atom. The molecule has 0 bridgehead atoms. The minimum atomic E-state index is -0.919. The van der Waals surface area contributed by atoms with Gasteiger partial charge < -0.3 is 19.3 Å². The number of carbonyl (C=O) groups excluding carboxylic acids is 1. The maximum Gasteiger partial charge on any atom is 0.333 e. The highest BCUT2D eigenvalue weighted by Gasteiger charge is 2.12. The van der Waals surface area contributed by atoms with E-state index in [-0.39, 0.29) is 13.2 Å². The molecule has 1 N–H and O–H groups in total. The van der Waals surface area contributed by atoms with Crippen LogP contribution in [-0.2, 0) is 9.53 Å². The minimum absolute atomic E-state index is 0.0174. The Balaban J connectivity index is 2.02. The molecule has 0 saturated carbocycles. The van der Waals surface area contributed by atoms with E-state index in [0.29, 0.717) is 17.9 Å². The summed E-state index contributed by atoms with van der Waals surface area (Å²) in [5.74, 6) is 0.939. The summed E-state index contributed by atoms with van der Waals surface area (Å²) in [6, 6.07) is 11.5. The SMILES string of the molecule is C=C(C)C(=O)OCC(O)COc1ccc(OCCCC)c2ccccc12. The quantitative estimate of drug-likeness (QED) is 0.397.